The van der Waals surface area contributed by atoms with Crippen LogP contribution in [0.1, 0.15) is 19.8 Å². The number of amides is 1. The number of aromatic hydroxyl groups is 1. The van der Waals surface area contributed by atoms with Crippen LogP contribution in [-0.4, -0.2) is 44.3 Å². The van der Waals surface area contributed by atoms with Crippen LogP contribution in [0.15, 0.2) is 61.3 Å². The minimum Gasteiger partial charge on any atom is -0.506 e. The van der Waals surface area contributed by atoms with Gasteiger partial charge in [0.25, 0.3) is 0 Å². The molecule has 2 aromatic carbocycles. The molecule has 9 heteroatoms. The largest absolute Gasteiger partial charge is 0.506 e. The van der Waals surface area contributed by atoms with Gasteiger partial charge in [-0.1, -0.05) is 25.6 Å². The molecule has 1 aliphatic heterocycles. The Hall–Kier alpha value is -4.40. The van der Waals surface area contributed by atoms with E-state index in [2.05, 4.69) is 44.2 Å². The fourth-order valence-electron chi connectivity index (χ4n) is 4.28. The standard InChI is InChI=1S/C26H27N7O2/c1-3-23(35)28-18-6-4-5-17(13-18)24-20-15-27-32-25(20)31-26(30-24)29-19-7-8-22(34)21(14-19)33-11-9-16(2)10-12-33/h3-8,13-16,34H,1,9-12H2,2H3,(H,28,35)(H2,27,29,30,31,32). The number of H-pyrrole nitrogens is 1. The third kappa shape index (κ3) is 4.79. The van der Waals surface area contributed by atoms with Crippen LogP contribution in [-0.2, 0) is 4.79 Å². The first-order valence-electron chi connectivity index (χ1n) is 11.6. The Labute approximate surface area is 202 Å². The van der Waals surface area contributed by atoms with Gasteiger partial charge in [0.05, 0.1) is 23.0 Å². The van der Waals surface area contributed by atoms with Gasteiger partial charge in [-0.15, -0.1) is 0 Å². The van der Waals surface area contributed by atoms with Crippen molar-refractivity contribution in [2.75, 3.05) is 28.6 Å². The minimum atomic E-state index is -0.285. The van der Waals surface area contributed by atoms with Crippen molar-refractivity contribution in [3.63, 3.8) is 0 Å². The molecular formula is C26H27N7O2. The highest BCUT2D eigenvalue weighted by atomic mass is 16.3. The van der Waals surface area contributed by atoms with E-state index in [1.54, 1.807) is 24.4 Å². The number of nitrogens with one attached hydrogen (secondary N) is 3. The second-order valence-electron chi connectivity index (χ2n) is 8.80. The number of carbonyl (C=O) groups excluding carboxylic acids is 1. The Balaban J connectivity index is 1.47. The lowest BCUT2D eigenvalue weighted by Crippen LogP contribution is -2.32. The van der Waals surface area contributed by atoms with Gasteiger partial charge in [-0.25, -0.2) is 4.98 Å². The van der Waals surface area contributed by atoms with Crippen molar-refractivity contribution in [3.05, 3.63) is 61.3 Å². The molecule has 1 saturated heterocycles. The van der Waals surface area contributed by atoms with Crippen LogP contribution in [0.3, 0.4) is 0 Å². The first-order chi connectivity index (χ1) is 17.0. The average Bonchev–Trinajstić information content (AvgIpc) is 3.34. The van der Waals surface area contributed by atoms with E-state index in [-0.39, 0.29) is 11.7 Å². The van der Waals surface area contributed by atoms with Gasteiger partial charge in [0.2, 0.25) is 11.9 Å². The van der Waals surface area contributed by atoms with Crippen LogP contribution in [0.5, 0.6) is 5.75 Å². The van der Waals surface area contributed by atoms with E-state index in [4.69, 9.17) is 4.98 Å². The fraction of sp³-hybridized carbons (Fsp3) is 0.231. The monoisotopic (exact) mass is 469 g/mol. The number of aromatic nitrogens is 4. The number of hydrogen-bond donors (Lipinski definition) is 4. The van der Waals surface area contributed by atoms with Crippen molar-refractivity contribution in [3.8, 4) is 17.0 Å². The van der Waals surface area contributed by atoms with E-state index in [1.807, 2.05) is 24.3 Å². The van der Waals surface area contributed by atoms with Crippen molar-refractivity contribution in [1.82, 2.24) is 20.2 Å². The summed E-state index contributed by atoms with van der Waals surface area (Å²) in [6, 6.07) is 12.8. The number of nitrogens with zero attached hydrogens (tertiary/aromatic N) is 4. The van der Waals surface area contributed by atoms with Gasteiger partial charge in [0, 0.05) is 30.0 Å². The maximum atomic E-state index is 11.7. The Morgan fingerprint density at radius 2 is 2.00 bits per heavy atom. The van der Waals surface area contributed by atoms with Crippen molar-refractivity contribution in [2.24, 2.45) is 5.92 Å². The van der Waals surface area contributed by atoms with Gasteiger partial charge in [-0.3, -0.25) is 9.89 Å². The maximum absolute atomic E-state index is 11.7. The van der Waals surface area contributed by atoms with Crippen molar-refractivity contribution in [1.29, 1.82) is 0 Å². The minimum absolute atomic E-state index is 0.258. The van der Waals surface area contributed by atoms with Crippen molar-refractivity contribution in [2.45, 2.75) is 19.8 Å². The molecule has 3 heterocycles. The van der Waals surface area contributed by atoms with E-state index < -0.39 is 0 Å². The zero-order valence-corrected chi connectivity index (χ0v) is 19.5. The highest BCUT2D eigenvalue weighted by molar-refractivity contribution is 5.99. The fourth-order valence-corrected chi connectivity index (χ4v) is 4.28. The third-order valence-corrected chi connectivity index (χ3v) is 6.25. The number of benzene rings is 2. The Morgan fingerprint density at radius 3 is 2.80 bits per heavy atom. The van der Waals surface area contributed by atoms with Gasteiger partial charge < -0.3 is 20.6 Å². The summed E-state index contributed by atoms with van der Waals surface area (Å²) in [5.41, 5.74) is 4.27. The quantitative estimate of drug-likeness (QED) is 0.236. The Kier molecular flexibility index (Phi) is 6.05. The van der Waals surface area contributed by atoms with Crippen molar-refractivity contribution < 1.29 is 9.90 Å². The summed E-state index contributed by atoms with van der Waals surface area (Å²) in [5.74, 6) is 1.06. The lowest BCUT2D eigenvalue weighted by Gasteiger charge is -2.32. The molecule has 0 aliphatic carbocycles. The van der Waals surface area contributed by atoms with Crippen LogP contribution in [0.25, 0.3) is 22.3 Å². The molecule has 1 fully saturated rings. The molecule has 0 atom stereocenters. The predicted molar refractivity (Wildman–Crippen MR) is 138 cm³/mol. The van der Waals surface area contributed by atoms with Crippen molar-refractivity contribution >= 4 is 40.0 Å². The molecule has 0 unspecified atom stereocenters. The molecule has 0 saturated carbocycles. The maximum Gasteiger partial charge on any atom is 0.247 e. The Bertz CT molecular complexity index is 1390. The van der Waals surface area contributed by atoms with Crippen LogP contribution < -0.4 is 15.5 Å². The lowest BCUT2D eigenvalue weighted by atomic mass is 9.98. The van der Waals surface area contributed by atoms with E-state index >= 15 is 0 Å². The van der Waals surface area contributed by atoms with Crippen LogP contribution in [0.4, 0.5) is 23.0 Å². The molecule has 178 valence electrons. The molecule has 0 bridgehead atoms. The molecule has 9 nitrogen and oxygen atoms in total. The number of anilines is 4. The van der Waals surface area contributed by atoms with Gasteiger partial charge >= 0.3 is 0 Å². The lowest BCUT2D eigenvalue weighted by molar-refractivity contribution is -0.111. The second-order valence-corrected chi connectivity index (χ2v) is 8.80. The van der Waals surface area contributed by atoms with Gasteiger partial charge in [0.15, 0.2) is 5.65 Å². The SMILES string of the molecule is C=CC(=O)Nc1cccc(-c2nc(Nc3ccc(O)c(N4CCC(C)CC4)c3)nc3[nH]ncc23)c1. The zero-order chi connectivity index (χ0) is 24.4. The molecule has 2 aromatic heterocycles. The summed E-state index contributed by atoms with van der Waals surface area (Å²) in [5, 5.41) is 24.3. The highest BCUT2D eigenvalue weighted by Gasteiger charge is 2.19. The van der Waals surface area contributed by atoms with Crippen LogP contribution >= 0.6 is 0 Å². The van der Waals surface area contributed by atoms with E-state index in [1.165, 1.54) is 6.08 Å². The van der Waals surface area contributed by atoms with Crippen LogP contribution in [0, 0.1) is 5.92 Å². The number of phenolic OH excluding ortho intramolecular Hbond substituents is 1. The number of phenols is 1. The smallest absolute Gasteiger partial charge is 0.247 e. The summed E-state index contributed by atoms with van der Waals surface area (Å²) in [7, 11) is 0. The number of carbonyl (C=O) groups is 1. The van der Waals surface area contributed by atoms with Gasteiger partial charge in [-0.2, -0.15) is 10.1 Å². The first-order valence-corrected chi connectivity index (χ1v) is 11.6. The predicted octanol–water partition coefficient (Wildman–Crippen LogP) is 4.83. The van der Waals surface area contributed by atoms with E-state index in [0.29, 0.717) is 28.9 Å². The average molecular weight is 470 g/mol. The van der Waals surface area contributed by atoms with E-state index in [0.717, 1.165) is 48.3 Å². The van der Waals surface area contributed by atoms with Gasteiger partial charge in [0.1, 0.15) is 5.75 Å². The molecular weight excluding hydrogens is 442 g/mol. The molecule has 1 amide bonds. The number of rotatable bonds is 6. The number of hydrogen-bond acceptors (Lipinski definition) is 7. The topological polar surface area (TPSA) is 119 Å². The molecule has 0 radical (unpaired) electrons. The number of aromatic amines is 1. The molecule has 0 spiro atoms. The first kappa shape index (κ1) is 22.4. The summed E-state index contributed by atoms with van der Waals surface area (Å²) in [6.07, 6.45) is 5.11. The summed E-state index contributed by atoms with van der Waals surface area (Å²) in [4.78, 5) is 23.3. The highest BCUT2D eigenvalue weighted by Crippen LogP contribution is 2.34. The number of fused-ring (bicyclic) bond motifs is 1. The molecule has 4 aromatic rings. The normalized spacial score (nSPS) is 14.1. The van der Waals surface area contributed by atoms with E-state index in [9.17, 15) is 9.90 Å². The molecule has 1 aliphatic rings. The summed E-state index contributed by atoms with van der Waals surface area (Å²) in [6.45, 7) is 7.59. The molecule has 35 heavy (non-hydrogen) atoms. The molecule has 5 rings (SSSR count). The zero-order valence-electron chi connectivity index (χ0n) is 19.5. The summed E-state index contributed by atoms with van der Waals surface area (Å²) >= 11 is 0. The Morgan fingerprint density at radius 1 is 1.17 bits per heavy atom. The second kappa shape index (κ2) is 9.46. The van der Waals surface area contributed by atoms with Crippen LogP contribution in [0.2, 0.25) is 0 Å². The summed E-state index contributed by atoms with van der Waals surface area (Å²) < 4.78 is 0. The number of piperidine rings is 1. The van der Waals surface area contributed by atoms with Gasteiger partial charge in [-0.05, 0) is 55.2 Å². The third-order valence-electron chi connectivity index (χ3n) is 6.25. The molecule has 4 N–H and O–H groups in total.